The van der Waals surface area contributed by atoms with E-state index in [0.29, 0.717) is 17.7 Å². The van der Waals surface area contributed by atoms with Gasteiger partial charge in [0.05, 0.1) is 12.0 Å². The molecule has 0 aliphatic carbocycles. The molecule has 0 radical (unpaired) electrons. The summed E-state index contributed by atoms with van der Waals surface area (Å²) in [4.78, 5) is 12.5. The molecule has 0 spiro atoms. The summed E-state index contributed by atoms with van der Waals surface area (Å²) in [5.74, 6) is 0.469. The molecule has 31 heavy (non-hydrogen) atoms. The molecule has 0 fully saturated rings. The first-order valence-corrected chi connectivity index (χ1v) is 11.1. The highest BCUT2D eigenvalue weighted by Crippen LogP contribution is 2.25. The van der Waals surface area contributed by atoms with Crippen LogP contribution in [0.5, 0.6) is 5.75 Å². The number of sulfonamides is 1. The molecule has 1 amide bonds. The lowest BCUT2D eigenvalue weighted by Gasteiger charge is -2.11. The van der Waals surface area contributed by atoms with Gasteiger partial charge in [0.2, 0.25) is 15.9 Å². The molecular weight excluding hydrogens is 412 g/mol. The van der Waals surface area contributed by atoms with Crippen LogP contribution in [0.25, 0.3) is 6.08 Å². The number of benzene rings is 3. The van der Waals surface area contributed by atoms with Gasteiger partial charge < -0.3 is 10.1 Å². The van der Waals surface area contributed by atoms with Crippen molar-refractivity contribution in [3.63, 3.8) is 0 Å². The molecule has 0 saturated heterocycles. The Morgan fingerprint density at radius 2 is 1.71 bits per heavy atom. The maximum atomic E-state index is 12.3. The largest absolute Gasteiger partial charge is 0.496 e. The fraction of sp³-hybridized carbons (Fsp3) is 0.125. The molecule has 3 rings (SSSR count). The predicted octanol–water partition coefficient (Wildman–Crippen LogP) is 3.85. The topological polar surface area (TPSA) is 84.5 Å². The van der Waals surface area contributed by atoms with Crippen molar-refractivity contribution in [1.82, 2.24) is 4.72 Å². The molecule has 0 aliphatic rings. The number of carbonyl (C=O) groups is 1. The van der Waals surface area contributed by atoms with E-state index in [9.17, 15) is 13.2 Å². The quantitative estimate of drug-likeness (QED) is 0.526. The van der Waals surface area contributed by atoms with Gasteiger partial charge in [0, 0.05) is 23.7 Å². The fourth-order valence-corrected chi connectivity index (χ4v) is 3.77. The summed E-state index contributed by atoms with van der Waals surface area (Å²) in [5, 5.41) is 2.85. The van der Waals surface area contributed by atoms with Gasteiger partial charge in [0.15, 0.2) is 0 Å². The summed E-state index contributed by atoms with van der Waals surface area (Å²) in [6, 6.07) is 21.8. The Bertz CT molecular complexity index is 1170. The molecule has 0 aliphatic heterocycles. The maximum absolute atomic E-state index is 12.3. The number of anilines is 1. The Balaban J connectivity index is 1.69. The summed E-state index contributed by atoms with van der Waals surface area (Å²) in [6.45, 7) is 0. The highest BCUT2D eigenvalue weighted by molar-refractivity contribution is 7.89. The molecule has 0 aromatic heterocycles. The smallest absolute Gasteiger partial charge is 0.248 e. The molecule has 0 heterocycles. The first-order chi connectivity index (χ1) is 14.9. The van der Waals surface area contributed by atoms with Crippen LogP contribution in [0.3, 0.4) is 0 Å². The summed E-state index contributed by atoms with van der Waals surface area (Å²) >= 11 is 0. The Morgan fingerprint density at radius 1 is 1.00 bits per heavy atom. The first kappa shape index (κ1) is 22.3. The van der Waals surface area contributed by atoms with E-state index in [1.54, 1.807) is 31.4 Å². The lowest BCUT2D eigenvalue weighted by molar-refractivity contribution is -0.111. The van der Waals surface area contributed by atoms with Crippen LogP contribution in [0, 0.1) is 0 Å². The van der Waals surface area contributed by atoms with Gasteiger partial charge in [0.25, 0.3) is 0 Å². The number of rotatable bonds is 8. The normalized spacial score (nSPS) is 11.4. The predicted molar refractivity (Wildman–Crippen MR) is 123 cm³/mol. The van der Waals surface area contributed by atoms with Gasteiger partial charge in [0.1, 0.15) is 5.75 Å². The molecule has 0 atom stereocenters. The van der Waals surface area contributed by atoms with Crippen molar-refractivity contribution in [2.24, 2.45) is 0 Å². The third-order valence-corrected chi connectivity index (χ3v) is 6.10. The molecule has 0 bridgehead atoms. The van der Waals surface area contributed by atoms with Crippen molar-refractivity contribution in [3.05, 3.63) is 95.6 Å². The van der Waals surface area contributed by atoms with Crippen LogP contribution in [0.2, 0.25) is 0 Å². The molecule has 7 heteroatoms. The zero-order valence-electron chi connectivity index (χ0n) is 17.3. The Morgan fingerprint density at radius 3 is 2.35 bits per heavy atom. The second kappa shape index (κ2) is 10.1. The average molecular weight is 437 g/mol. The van der Waals surface area contributed by atoms with Crippen molar-refractivity contribution in [2.75, 3.05) is 19.5 Å². The number of ether oxygens (including phenoxy) is 1. The second-order valence-corrected chi connectivity index (χ2v) is 8.67. The minimum atomic E-state index is -3.48. The monoisotopic (exact) mass is 436 g/mol. The van der Waals surface area contributed by atoms with Crippen LogP contribution in [0.4, 0.5) is 5.69 Å². The van der Waals surface area contributed by atoms with Crippen LogP contribution in [-0.2, 0) is 21.2 Å². The zero-order valence-corrected chi connectivity index (χ0v) is 18.1. The number of hydrogen-bond donors (Lipinski definition) is 2. The van der Waals surface area contributed by atoms with Crippen LogP contribution >= 0.6 is 0 Å². The zero-order chi connectivity index (χ0) is 22.3. The Labute approximate surface area is 182 Å². The van der Waals surface area contributed by atoms with Crippen molar-refractivity contribution < 1.29 is 17.9 Å². The van der Waals surface area contributed by atoms with Gasteiger partial charge in [-0.1, -0.05) is 42.5 Å². The highest BCUT2D eigenvalue weighted by atomic mass is 32.2. The standard InChI is InChI=1S/C24H24N2O4S/c1-25-31(28,29)22-12-8-18(9-13-22)10-15-24(27)26-21-11-14-23(30-2)20(17-21)16-19-6-4-3-5-7-19/h3-15,17,25H,16H2,1-2H3,(H,26,27)/b15-10+. The molecular formula is C24H24N2O4S. The maximum Gasteiger partial charge on any atom is 0.248 e. The third-order valence-electron chi connectivity index (χ3n) is 4.67. The molecule has 6 nitrogen and oxygen atoms in total. The molecule has 3 aromatic carbocycles. The molecule has 3 aromatic rings. The number of hydrogen-bond acceptors (Lipinski definition) is 4. The van der Waals surface area contributed by atoms with Crippen LogP contribution in [0.15, 0.2) is 83.8 Å². The van der Waals surface area contributed by atoms with E-state index < -0.39 is 10.0 Å². The van der Waals surface area contributed by atoms with Crippen LogP contribution in [-0.4, -0.2) is 28.5 Å². The SMILES string of the molecule is CNS(=O)(=O)c1ccc(/C=C/C(=O)Nc2ccc(OC)c(Cc3ccccc3)c2)cc1. The number of methoxy groups -OCH3 is 1. The molecule has 0 unspecified atom stereocenters. The first-order valence-electron chi connectivity index (χ1n) is 9.65. The van der Waals surface area contributed by atoms with Gasteiger partial charge in [-0.25, -0.2) is 13.1 Å². The summed E-state index contributed by atoms with van der Waals surface area (Å²) in [5.41, 5.74) is 3.49. The van der Waals surface area contributed by atoms with Gasteiger partial charge in [-0.15, -0.1) is 0 Å². The summed E-state index contributed by atoms with van der Waals surface area (Å²) < 4.78 is 31.2. The lowest BCUT2D eigenvalue weighted by Crippen LogP contribution is -2.18. The third kappa shape index (κ3) is 6.04. The van der Waals surface area contributed by atoms with E-state index in [2.05, 4.69) is 10.0 Å². The summed E-state index contributed by atoms with van der Waals surface area (Å²) in [7, 11) is -0.501. The molecule has 0 saturated carbocycles. The van der Waals surface area contributed by atoms with Crippen molar-refractivity contribution >= 4 is 27.7 Å². The number of amides is 1. The number of nitrogens with one attached hydrogen (secondary N) is 2. The van der Waals surface area contributed by atoms with Gasteiger partial charge in [-0.2, -0.15) is 0 Å². The van der Waals surface area contributed by atoms with Crippen molar-refractivity contribution in [1.29, 1.82) is 0 Å². The van der Waals surface area contributed by atoms with E-state index in [1.807, 2.05) is 42.5 Å². The van der Waals surface area contributed by atoms with Gasteiger partial charge in [-0.05, 0) is 54.6 Å². The Kier molecular flexibility index (Phi) is 7.23. The van der Waals surface area contributed by atoms with E-state index >= 15 is 0 Å². The lowest BCUT2D eigenvalue weighted by atomic mass is 10.0. The van der Waals surface area contributed by atoms with E-state index in [1.165, 1.54) is 25.3 Å². The molecule has 2 N–H and O–H groups in total. The van der Waals surface area contributed by atoms with Crippen molar-refractivity contribution in [3.8, 4) is 5.75 Å². The minimum absolute atomic E-state index is 0.167. The minimum Gasteiger partial charge on any atom is -0.496 e. The van der Waals surface area contributed by atoms with Crippen LogP contribution in [0.1, 0.15) is 16.7 Å². The van der Waals surface area contributed by atoms with Gasteiger partial charge >= 0.3 is 0 Å². The highest BCUT2D eigenvalue weighted by Gasteiger charge is 2.10. The average Bonchev–Trinajstić information content (AvgIpc) is 2.79. The van der Waals surface area contributed by atoms with E-state index in [4.69, 9.17) is 4.74 Å². The fourth-order valence-electron chi connectivity index (χ4n) is 3.04. The second-order valence-electron chi connectivity index (χ2n) is 6.79. The van der Waals surface area contributed by atoms with Crippen LogP contribution < -0.4 is 14.8 Å². The van der Waals surface area contributed by atoms with Gasteiger partial charge in [-0.3, -0.25) is 4.79 Å². The molecule has 160 valence electrons. The van der Waals surface area contributed by atoms with E-state index in [0.717, 1.165) is 16.9 Å². The number of carbonyl (C=O) groups excluding carboxylic acids is 1. The Hall–Kier alpha value is -3.42. The van der Waals surface area contributed by atoms with Crippen molar-refractivity contribution in [2.45, 2.75) is 11.3 Å². The van der Waals surface area contributed by atoms with E-state index in [-0.39, 0.29) is 10.8 Å². The summed E-state index contributed by atoms with van der Waals surface area (Å²) in [6.07, 6.45) is 3.72.